The van der Waals surface area contributed by atoms with Crippen molar-refractivity contribution in [1.82, 2.24) is 5.43 Å². The molecule has 118 valence electrons. The highest BCUT2D eigenvalue weighted by Gasteiger charge is 2.06. The highest BCUT2D eigenvalue weighted by molar-refractivity contribution is 5.93. The van der Waals surface area contributed by atoms with Crippen LogP contribution >= 0.6 is 0 Å². The van der Waals surface area contributed by atoms with Crippen LogP contribution in [0.3, 0.4) is 0 Å². The van der Waals surface area contributed by atoms with Crippen molar-refractivity contribution in [2.24, 2.45) is 5.10 Å². The fourth-order valence-electron chi connectivity index (χ4n) is 1.93. The Morgan fingerprint density at radius 1 is 0.957 bits per heavy atom. The van der Waals surface area contributed by atoms with Crippen molar-refractivity contribution < 1.29 is 9.59 Å². The third kappa shape index (κ3) is 5.74. The van der Waals surface area contributed by atoms with Gasteiger partial charge in [-0.25, -0.2) is 5.43 Å². The largest absolute Gasteiger partial charge is 0.326 e. The van der Waals surface area contributed by atoms with Gasteiger partial charge in [-0.05, 0) is 30.2 Å². The molecule has 0 radical (unpaired) electrons. The van der Waals surface area contributed by atoms with E-state index in [1.165, 1.54) is 0 Å². The number of carbonyl (C=O) groups is 2. The minimum atomic E-state index is -0.293. The van der Waals surface area contributed by atoms with Crippen LogP contribution in [-0.2, 0) is 9.59 Å². The molecule has 0 aliphatic carbocycles. The Morgan fingerprint density at radius 3 is 2.35 bits per heavy atom. The number of hydrogen-bond donors (Lipinski definition) is 2. The molecule has 0 fully saturated rings. The van der Waals surface area contributed by atoms with Gasteiger partial charge in [0.2, 0.25) is 11.8 Å². The fraction of sp³-hybridized carbons (Fsp3) is 0.167. The Morgan fingerprint density at radius 2 is 1.61 bits per heavy atom. The third-order valence-corrected chi connectivity index (χ3v) is 3.22. The molecule has 2 rings (SSSR count). The van der Waals surface area contributed by atoms with Crippen LogP contribution in [-0.4, -0.2) is 18.0 Å². The van der Waals surface area contributed by atoms with Crippen molar-refractivity contribution >= 4 is 23.7 Å². The lowest BCUT2D eigenvalue weighted by molar-refractivity contribution is -0.124. The van der Waals surface area contributed by atoms with Crippen LogP contribution in [0, 0.1) is 6.92 Å². The maximum atomic E-state index is 11.7. The van der Waals surface area contributed by atoms with E-state index in [9.17, 15) is 9.59 Å². The van der Waals surface area contributed by atoms with Gasteiger partial charge in [0.25, 0.3) is 0 Å². The molecule has 5 nitrogen and oxygen atoms in total. The standard InChI is InChI=1S/C18H19N3O2/c1-14-7-5-6-8-15(14)13-19-21-18(23)12-11-17(22)20-16-9-3-2-4-10-16/h2-10,13H,11-12H2,1H3,(H,20,22)(H,21,23). The maximum absolute atomic E-state index is 11.7. The third-order valence-electron chi connectivity index (χ3n) is 3.22. The molecule has 0 heterocycles. The van der Waals surface area contributed by atoms with E-state index < -0.39 is 0 Å². The molecule has 0 aliphatic heterocycles. The Bertz CT molecular complexity index is 696. The molecule has 2 N–H and O–H groups in total. The number of hydrazone groups is 1. The van der Waals surface area contributed by atoms with Crippen molar-refractivity contribution in [3.63, 3.8) is 0 Å². The van der Waals surface area contributed by atoms with Gasteiger partial charge in [-0.15, -0.1) is 0 Å². The Hall–Kier alpha value is -2.95. The molecule has 0 spiro atoms. The topological polar surface area (TPSA) is 70.6 Å². The minimum absolute atomic E-state index is 0.0871. The SMILES string of the molecule is Cc1ccccc1C=NNC(=O)CCC(=O)Nc1ccccc1. The molecule has 2 aromatic carbocycles. The smallest absolute Gasteiger partial charge is 0.240 e. The molecule has 2 aromatic rings. The average Bonchev–Trinajstić information content (AvgIpc) is 2.56. The second-order valence-corrected chi connectivity index (χ2v) is 5.06. The first-order valence-electron chi connectivity index (χ1n) is 7.37. The number of hydrogen-bond acceptors (Lipinski definition) is 3. The molecule has 0 unspecified atom stereocenters. The molecular weight excluding hydrogens is 290 g/mol. The molecular formula is C18H19N3O2. The van der Waals surface area contributed by atoms with Gasteiger partial charge in [0.1, 0.15) is 0 Å². The summed E-state index contributed by atoms with van der Waals surface area (Å²) >= 11 is 0. The molecule has 5 heteroatoms. The Labute approximate surface area is 135 Å². The summed E-state index contributed by atoms with van der Waals surface area (Å²) in [7, 11) is 0. The van der Waals surface area contributed by atoms with E-state index in [4.69, 9.17) is 0 Å². The normalized spacial score (nSPS) is 10.5. The monoisotopic (exact) mass is 309 g/mol. The molecule has 0 atom stereocenters. The van der Waals surface area contributed by atoms with Gasteiger partial charge in [0.05, 0.1) is 6.21 Å². The predicted molar refractivity (Wildman–Crippen MR) is 91.2 cm³/mol. The average molecular weight is 309 g/mol. The van der Waals surface area contributed by atoms with Crippen LogP contribution in [0.15, 0.2) is 59.7 Å². The summed E-state index contributed by atoms with van der Waals surface area (Å²) in [6.07, 6.45) is 1.79. The van der Waals surface area contributed by atoms with Gasteiger partial charge in [-0.1, -0.05) is 42.5 Å². The van der Waals surface area contributed by atoms with Gasteiger partial charge in [-0.2, -0.15) is 5.10 Å². The first kappa shape index (κ1) is 16.4. The summed E-state index contributed by atoms with van der Waals surface area (Å²) in [4.78, 5) is 23.4. The first-order chi connectivity index (χ1) is 11.1. The number of carbonyl (C=O) groups excluding carboxylic acids is 2. The van der Waals surface area contributed by atoms with Crippen molar-refractivity contribution in [3.05, 3.63) is 65.7 Å². The second kappa shape index (κ2) is 8.48. The van der Waals surface area contributed by atoms with E-state index in [-0.39, 0.29) is 24.7 Å². The number of benzene rings is 2. The molecule has 2 amide bonds. The number of amides is 2. The van der Waals surface area contributed by atoms with E-state index in [1.807, 2.05) is 49.4 Å². The number of nitrogens with zero attached hydrogens (tertiary/aromatic N) is 1. The maximum Gasteiger partial charge on any atom is 0.240 e. The summed E-state index contributed by atoms with van der Waals surface area (Å²) in [5.41, 5.74) is 5.16. The van der Waals surface area contributed by atoms with Crippen molar-refractivity contribution in [2.45, 2.75) is 19.8 Å². The van der Waals surface area contributed by atoms with Crippen LogP contribution < -0.4 is 10.7 Å². The fourth-order valence-corrected chi connectivity index (χ4v) is 1.93. The molecule has 23 heavy (non-hydrogen) atoms. The zero-order chi connectivity index (χ0) is 16.5. The zero-order valence-electron chi connectivity index (χ0n) is 13.0. The number of nitrogens with one attached hydrogen (secondary N) is 2. The molecule has 0 aliphatic rings. The lowest BCUT2D eigenvalue weighted by atomic mass is 10.1. The summed E-state index contributed by atoms with van der Waals surface area (Å²) < 4.78 is 0. The van der Waals surface area contributed by atoms with Crippen molar-refractivity contribution in [3.8, 4) is 0 Å². The van der Waals surface area contributed by atoms with E-state index in [0.29, 0.717) is 0 Å². The summed E-state index contributed by atoms with van der Waals surface area (Å²) in [6.45, 7) is 1.97. The second-order valence-electron chi connectivity index (χ2n) is 5.06. The van der Waals surface area contributed by atoms with Gasteiger partial charge < -0.3 is 5.32 Å². The summed E-state index contributed by atoms with van der Waals surface area (Å²) in [5.74, 6) is -0.493. The predicted octanol–water partition coefficient (Wildman–Crippen LogP) is 2.86. The number of aryl methyl sites for hydroxylation is 1. The number of para-hydroxylation sites is 1. The van der Waals surface area contributed by atoms with E-state index in [1.54, 1.807) is 18.3 Å². The van der Waals surface area contributed by atoms with E-state index >= 15 is 0 Å². The molecule has 0 bridgehead atoms. The van der Waals surface area contributed by atoms with Crippen LogP contribution in [0.4, 0.5) is 5.69 Å². The number of anilines is 1. The van der Waals surface area contributed by atoms with Gasteiger partial charge in [-0.3, -0.25) is 9.59 Å². The molecule has 0 saturated heterocycles. The lowest BCUT2D eigenvalue weighted by Crippen LogP contribution is -2.20. The summed E-state index contributed by atoms with van der Waals surface area (Å²) in [5, 5.41) is 6.64. The van der Waals surface area contributed by atoms with Crippen LogP contribution in [0.2, 0.25) is 0 Å². The minimum Gasteiger partial charge on any atom is -0.326 e. The lowest BCUT2D eigenvalue weighted by Gasteiger charge is -2.04. The first-order valence-corrected chi connectivity index (χ1v) is 7.37. The molecule has 0 saturated carbocycles. The summed E-state index contributed by atoms with van der Waals surface area (Å²) in [6, 6.07) is 16.9. The van der Waals surface area contributed by atoms with Crippen LogP contribution in [0.1, 0.15) is 24.0 Å². The molecule has 0 aromatic heterocycles. The van der Waals surface area contributed by atoms with E-state index in [0.717, 1.165) is 16.8 Å². The van der Waals surface area contributed by atoms with Gasteiger partial charge >= 0.3 is 0 Å². The van der Waals surface area contributed by atoms with Crippen molar-refractivity contribution in [2.75, 3.05) is 5.32 Å². The highest BCUT2D eigenvalue weighted by Crippen LogP contribution is 2.06. The van der Waals surface area contributed by atoms with Crippen LogP contribution in [0.5, 0.6) is 0 Å². The Balaban J connectivity index is 1.73. The zero-order valence-corrected chi connectivity index (χ0v) is 13.0. The van der Waals surface area contributed by atoms with E-state index in [2.05, 4.69) is 15.8 Å². The van der Waals surface area contributed by atoms with Crippen LogP contribution in [0.25, 0.3) is 0 Å². The van der Waals surface area contributed by atoms with Crippen molar-refractivity contribution in [1.29, 1.82) is 0 Å². The highest BCUT2D eigenvalue weighted by atomic mass is 16.2. The Kier molecular flexibility index (Phi) is 6.06. The quantitative estimate of drug-likeness (QED) is 0.636. The number of rotatable bonds is 6. The van der Waals surface area contributed by atoms with Gasteiger partial charge in [0, 0.05) is 18.5 Å². The van der Waals surface area contributed by atoms with Gasteiger partial charge in [0.15, 0.2) is 0 Å².